The van der Waals surface area contributed by atoms with Crippen LogP contribution in [0.1, 0.15) is 51.5 Å². The monoisotopic (exact) mass is 340 g/mol. The Bertz CT molecular complexity index is 666. The first-order chi connectivity index (χ1) is 12.0. The standard InChI is InChI=1S/C20H28N4O/c1-16(2)6-11-24-15-20(8-4-19(24)25)7-3-10-23(14-20)18-12-17(13-21)5-9-22-18/h5,9,12,16H,3-4,6-8,10-11,14-15H2,1-2H3. The maximum absolute atomic E-state index is 12.3. The van der Waals surface area contributed by atoms with Crippen LogP contribution in [0.2, 0.25) is 0 Å². The van der Waals surface area contributed by atoms with Gasteiger partial charge in [-0.3, -0.25) is 4.79 Å². The van der Waals surface area contributed by atoms with E-state index in [-0.39, 0.29) is 5.41 Å². The van der Waals surface area contributed by atoms with Crippen LogP contribution in [0.5, 0.6) is 0 Å². The Hall–Kier alpha value is -2.09. The van der Waals surface area contributed by atoms with E-state index in [9.17, 15) is 4.79 Å². The van der Waals surface area contributed by atoms with Crippen molar-refractivity contribution in [1.29, 1.82) is 5.26 Å². The van der Waals surface area contributed by atoms with Crippen molar-refractivity contribution in [3.63, 3.8) is 0 Å². The van der Waals surface area contributed by atoms with Gasteiger partial charge in [0.25, 0.3) is 0 Å². The summed E-state index contributed by atoms with van der Waals surface area (Å²) in [5.74, 6) is 1.82. The van der Waals surface area contributed by atoms with Gasteiger partial charge >= 0.3 is 0 Å². The number of piperidine rings is 2. The predicted molar refractivity (Wildman–Crippen MR) is 98.1 cm³/mol. The van der Waals surface area contributed by atoms with Crippen LogP contribution in [0.3, 0.4) is 0 Å². The third kappa shape index (κ3) is 4.12. The van der Waals surface area contributed by atoms with Gasteiger partial charge in [-0.15, -0.1) is 0 Å². The Morgan fingerprint density at radius 1 is 1.36 bits per heavy atom. The van der Waals surface area contributed by atoms with Gasteiger partial charge in [0.05, 0.1) is 11.6 Å². The second-order valence-corrected chi connectivity index (χ2v) is 8.04. The molecule has 0 aromatic carbocycles. The smallest absolute Gasteiger partial charge is 0.222 e. The van der Waals surface area contributed by atoms with Gasteiger partial charge in [0, 0.05) is 44.2 Å². The number of rotatable bonds is 4. The summed E-state index contributed by atoms with van der Waals surface area (Å²) in [7, 11) is 0. The fourth-order valence-corrected chi connectivity index (χ4v) is 4.12. The highest BCUT2D eigenvalue weighted by atomic mass is 16.2. The summed E-state index contributed by atoms with van der Waals surface area (Å²) in [6, 6.07) is 5.82. The Balaban J connectivity index is 1.72. The van der Waals surface area contributed by atoms with Crippen LogP contribution in [-0.4, -0.2) is 42.0 Å². The lowest BCUT2D eigenvalue weighted by Gasteiger charge is -2.48. The molecule has 134 valence electrons. The first-order valence-electron chi connectivity index (χ1n) is 9.40. The highest BCUT2D eigenvalue weighted by molar-refractivity contribution is 5.77. The number of nitriles is 1. The molecule has 0 bridgehead atoms. The van der Waals surface area contributed by atoms with Crippen molar-refractivity contribution in [3.8, 4) is 6.07 Å². The van der Waals surface area contributed by atoms with Crippen molar-refractivity contribution in [2.45, 2.75) is 46.0 Å². The molecule has 2 aliphatic rings. The molecule has 0 radical (unpaired) electrons. The maximum atomic E-state index is 12.3. The van der Waals surface area contributed by atoms with Gasteiger partial charge in [-0.2, -0.15) is 5.26 Å². The molecule has 2 aliphatic heterocycles. The van der Waals surface area contributed by atoms with Crippen molar-refractivity contribution in [1.82, 2.24) is 9.88 Å². The van der Waals surface area contributed by atoms with Crippen LogP contribution >= 0.6 is 0 Å². The molecule has 0 saturated carbocycles. The van der Waals surface area contributed by atoms with Gasteiger partial charge in [-0.25, -0.2) is 4.98 Å². The number of carbonyl (C=O) groups excluding carboxylic acids is 1. The van der Waals surface area contributed by atoms with E-state index in [0.717, 1.165) is 51.3 Å². The first-order valence-corrected chi connectivity index (χ1v) is 9.40. The predicted octanol–water partition coefficient (Wildman–Crippen LogP) is 3.21. The summed E-state index contributed by atoms with van der Waals surface area (Å²) in [5, 5.41) is 9.13. The minimum absolute atomic E-state index is 0.174. The summed E-state index contributed by atoms with van der Waals surface area (Å²) in [6.07, 6.45) is 6.71. The van der Waals surface area contributed by atoms with Crippen LogP contribution in [0, 0.1) is 22.7 Å². The second-order valence-electron chi connectivity index (χ2n) is 8.04. The summed E-state index contributed by atoms with van der Waals surface area (Å²) in [4.78, 5) is 21.2. The number of carbonyl (C=O) groups is 1. The van der Waals surface area contributed by atoms with Gasteiger partial charge in [-0.05, 0) is 43.7 Å². The number of hydrogen-bond acceptors (Lipinski definition) is 4. The topological polar surface area (TPSA) is 60.2 Å². The molecule has 25 heavy (non-hydrogen) atoms. The third-order valence-corrected chi connectivity index (χ3v) is 5.58. The van der Waals surface area contributed by atoms with E-state index < -0.39 is 0 Å². The summed E-state index contributed by atoms with van der Waals surface area (Å²) >= 11 is 0. The highest BCUT2D eigenvalue weighted by Gasteiger charge is 2.41. The van der Waals surface area contributed by atoms with Crippen LogP contribution in [0.4, 0.5) is 5.82 Å². The SMILES string of the molecule is CC(C)CCN1CC2(CCCN(c3cc(C#N)ccn3)C2)CCC1=O. The van der Waals surface area contributed by atoms with Crippen molar-refractivity contribution in [2.24, 2.45) is 11.3 Å². The molecule has 3 heterocycles. The number of aromatic nitrogens is 1. The molecule has 0 N–H and O–H groups in total. The van der Waals surface area contributed by atoms with Crippen LogP contribution in [0.15, 0.2) is 18.3 Å². The van der Waals surface area contributed by atoms with Gasteiger partial charge in [0.15, 0.2) is 0 Å². The van der Waals surface area contributed by atoms with Gasteiger partial charge < -0.3 is 9.80 Å². The van der Waals surface area contributed by atoms with E-state index in [4.69, 9.17) is 5.26 Å². The number of amides is 1. The van der Waals surface area contributed by atoms with Gasteiger partial charge in [0.1, 0.15) is 5.82 Å². The van der Waals surface area contributed by atoms with Crippen LogP contribution in [-0.2, 0) is 4.79 Å². The van der Waals surface area contributed by atoms with Crippen molar-refractivity contribution in [3.05, 3.63) is 23.9 Å². The first kappa shape index (κ1) is 17.7. The summed E-state index contributed by atoms with van der Waals surface area (Å²) < 4.78 is 0. The molecule has 1 aromatic heterocycles. The lowest BCUT2D eigenvalue weighted by molar-refractivity contribution is -0.138. The molecule has 1 amide bonds. The summed E-state index contributed by atoms with van der Waals surface area (Å²) in [6.45, 7) is 8.07. The maximum Gasteiger partial charge on any atom is 0.222 e. The minimum Gasteiger partial charge on any atom is -0.356 e. The van der Waals surface area contributed by atoms with E-state index >= 15 is 0 Å². The van der Waals surface area contributed by atoms with Gasteiger partial charge in [-0.1, -0.05) is 13.8 Å². The Morgan fingerprint density at radius 2 is 2.20 bits per heavy atom. The molecule has 1 spiro atoms. The zero-order valence-electron chi connectivity index (χ0n) is 15.4. The lowest BCUT2D eigenvalue weighted by Crippen LogP contribution is -2.54. The molecular formula is C20H28N4O. The number of hydrogen-bond donors (Lipinski definition) is 0. The van der Waals surface area contributed by atoms with Crippen LogP contribution < -0.4 is 4.90 Å². The lowest BCUT2D eigenvalue weighted by atomic mass is 9.73. The molecule has 3 rings (SSSR count). The molecule has 0 aliphatic carbocycles. The van der Waals surface area contributed by atoms with E-state index in [0.29, 0.717) is 23.8 Å². The van der Waals surface area contributed by atoms with E-state index in [2.05, 4.69) is 34.7 Å². The quantitative estimate of drug-likeness (QED) is 0.844. The zero-order chi connectivity index (χ0) is 17.9. The van der Waals surface area contributed by atoms with Crippen molar-refractivity contribution >= 4 is 11.7 Å². The highest BCUT2D eigenvalue weighted by Crippen LogP contribution is 2.40. The second kappa shape index (κ2) is 7.43. The zero-order valence-corrected chi connectivity index (χ0v) is 15.4. The average molecular weight is 340 g/mol. The Labute approximate surface area is 150 Å². The Kier molecular flexibility index (Phi) is 5.27. The number of pyridine rings is 1. The molecule has 1 atom stereocenters. The average Bonchev–Trinajstić information content (AvgIpc) is 2.63. The Morgan fingerprint density at radius 3 is 2.96 bits per heavy atom. The van der Waals surface area contributed by atoms with Crippen molar-refractivity contribution < 1.29 is 4.79 Å². The van der Waals surface area contributed by atoms with Crippen LogP contribution in [0.25, 0.3) is 0 Å². The molecule has 2 saturated heterocycles. The van der Waals surface area contributed by atoms with Gasteiger partial charge in [0.2, 0.25) is 5.91 Å². The fraction of sp³-hybridized carbons (Fsp3) is 0.650. The molecule has 1 aromatic rings. The van der Waals surface area contributed by atoms with E-state index in [1.807, 2.05) is 6.07 Å². The fourth-order valence-electron chi connectivity index (χ4n) is 4.12. The molecule has 2 fully saturated rings. The van der Waals surface area contributed by atoms with E-state index in [1.54, 1.807) is 12.3 Å². The van der Waals surface area contributed by atoms with E-state index in [1.165, 1.54) is 6.42 Å². The van der Waals surface area contributed by atoms with Crippen molar-refractivity contribution in [2.75, 3.05) is 31.1 Å². The third-order valence-electron chi connectivity index (χ3n) is 5.58. The molecular weight excluding hydrogens is 312 g/mol. The number of anilines is 1. The number of nitrogens with zero attached hydrogens (tertiary/aromatic N) is 4. The number of likely N-dealkylation sites (tertiary alicyclic amines) is 1. The normalized spacial score (nSPS) is 24.0. The minimum atomic E-state index is 0.174. The molecule has 5 nitrogen and oxygen atoms in total. The molecule has 1 unspecified atom stereocenters. The molecule has 5 heteroatoms. The summed E-state index contributed by atoms with van der Waals surface area (Å²) in [5.41, 5.74) is 0.829. The largest absolute Gasteiger partial charge is 0.356 e.